The van der Waals surface area contributed by atoms with Crippen LogP contribution < -0.4 is 20.3 Å². The van der Waals surface area contributed by atoms with Gasteiger partial charge in [0, 0.05) is 43.4 Å². The lowest BCUT2D eigenvalue weighted by Gasteiger charge is -2.37. The Labute approximate surface area is 310 Å². The Hall–Kier alpha value is -5.29. The molecular weight excluding hydrogens is 688 g/mol. The third-order valence-electron chi connectivity index (χ3n) is 8.01. The molecule has 2 heterocycles. The second-order valence-electron chi connectivity index (χ2n) is 14.3. The van der Waals surface area contributed by atoms with Crippen LogP contribution >= 0.6 is 11.6 Å². The van der Waals surface area contributed by atoms with Crippen molar-refractivity contribution in [3.63, 3.8) is 0 Å². The van der Waals surface area contributed by atoms with Gasteiger partial charge in [0.05, 0.1) is 31.2 Å². The number of nitrogens with zero attached hydrogens (tertiary/aromatic N) is 6. The van der Waals surface area contributed by atoms with Crippen LogP contribution in [0.15, 0.2) is 48.8 Å². The van der Waals surface area contributed by atoms with Crippen LogP contribution in [0.3, 0.4) is 0 Å². The number of anilines is 3. The van der Waals surface area contributed by atoms with E-state index >= 15 is 0 Å². The summed E-state index contributed by atoms with van der Waals surface area (Å²) in [5.41, 5.74) is 1.83. The van der Waals surface area contributed by atoms with E-state index in [1.165, 1.54) is 19.5 Å². The summed E-state index contributed by atoms with van der Waals surface area (Å²) in [5, 5.41) is 14.5. The van der Waals surface area contributed by atoms with Crippen LogP contribution in [0.4, 0.5) is 31.6 Å². The molecule has 4 amide bonds. The second kappa shape index (κ2) is 16.8. The lowest BCUT2D eigenvalue weighted by Crippen LogP contribution is -2.50. The minimum atomic E-state index is -0.710. The van der Waals surface area contributed by atoms with Gasteiger partial charge in [0.1, 0.15) is 23.0 Å². The molecule has 1 fully saturated rings. The maximum Gasteiger partial charge on any atom is 0.410 e. The number of hydrogen-bond acceptors (Lipinski definition) is 10. The quantitative estimate of drug-likeness (QED) is 0.229. The minimum absolute atomic E-state index is 0.121. The van der Waals surface area contributed by atoms with Crippen molar-refractivity contribution in [2.75, 3.05) is 55.4 Å². The van der Waals surface area contributed by atoms with Gasteiger partial charge in [0.25, 0.3) is 0 Å². The summed E-state index contributed by atoms with van der Waals surface area (Å²) < 4.78 is 16.9. The van der Waals surface area contributed by atoms with Crippen LogP contribution in [-0.4, -0.2) is 89.0 Å². The van der Waals surface area contributed by atoms with Crippen molar-refractivity contribution in [2.45, 2.75) is 72.1 Å². The number of nitriles is 1. The van der Waals surface area contributed by atoms with Crippen LogP contribution in [0.2, 0.25) is 5.02 Å². The van der Waals surface area contributed by atoms with Gasteiger partial charge >= 0.3 is 18.2 Å². The van der Waals surface area contributed by atoms with E-state index in [0.29, 0.717) is 54.6 Å². The summed E-state index contributed by atoms with van der Waals surface area (Å²) in [6.07, 6.45) is 2.12. The van der Waals surface area contributed by atoms with E-state index in [2.05, 4.69) is 25.5 Å². The van der Waals surface area contributed by atoms with Crippen molar-refractivity contribution in [2.24, 2.45) is 0 Å². The highest BCUT2D eigenvalue weighted by atomic mass is 35.5. The van der Waals surface area contributed by atoms with Gasteiger partial charge in [-0.2, -0.15) is 5.26 Å². The fraction of sp³-hybridized carbons (Fsp3) is 0.459. The number of methoxy groups -OCH3 is 1. The molecule has 0 aliphatic carbocycles. The highest BCUT2D eigenvalue weighted by Crippen LogP contribution is 2.33. The minimum Gasteiger partial charge on any atom is -0.495 e. The van der Waals surface area contributed by atoms with Crippen molar-refractivity contribution in [1.29, 1.82) is 5.26 Å². The van der Waals surface area contributed by atoms with Gasteiger partial charge in [0.2, 0.25) is 0 Å². The summed E-state index contributed by atoms with van der Waals surface area (Å²) in [7, 11) is 1.47. The lowest BCUT2D eigenvalue weighted by molar-refractivity contribution is 0.0174. The topological polar surface area (TPSA) is 162 Å². The van der Waals surface area contributed by atoms with E-state index in [-0.39, 0.29) is 30.2 Å². The number of nitrogens with one attached hydrogen (secondary N) is 2. The number of aromatic nitrogens is 2. The average molecular weight is 735 g/mol. The van der Waals surface area contributed by atoms with E-state index in [9.17, 15) is 14.4 Å². The van der Waals surface area contributed by atoms with Crippen LogP contribution in [-0.2, 0) is 15.9 Å². The zero-order valence-corrected chi connectivity index (χ0v) is 31.7. The van der Waals surface area contributed by atoms with Crippen molar-refractivity contribution in [1.82, 2.24) is 19.8 Å². The Kier molecular flexibility index (Phi) is 12.8. The molecular formula is C37H47ClN8O6. The van der Waals surface area contributed by atoms with Crippen molar-refractivity contribution in [3.8, 4) is 11.8 Å². The van der Waals surface area contributed by atoms with Crippen LogP contribution in [0.5, 0.6) is 5.75 Å². The van der Waals surface area contributed by atoms with Crippen LogP contribution in [0.1, 0.15) is 71.3 Å². The van der Waals surface area contributed by atoms with Gasteiger partial charge in [-0.25, -0.2) is 24.4 Å². The van der Waals surface area contributed by atoms with Gasteiger partial charge < -0.3 is 34.2 Å². The normalized spacial score (nSPS) is 13.8. The highest BCUT2D eigenvalue weighted by molar-refractivity contribution is 6.31. The first-order chi connectivity index (χ1) is 24.5. The van der Waals surface area contributed by atoms with Crippen LogP contribution in [0.25, 0.3) is 0 Å². The predicted molar refractivity (Wildman–Crippen MR) is 199 cm³/mol. The molecule has 0 spiro atoms. The Balaban J connectivity index is 1.44. The number of halogens is 1. The van der Waals surface area contributed by atoms with Crippen LogP contribution in [0, 0.1) is 11.3 Å². The fourth-order valence-corrected chi connectivity index (χ4v) is 5.65. The fourth-order valence-electron chi connectivity index (χ4n) is 5.40. The summed E-state index contributed by atoms with van der Waals surface area (Å²) in [6.45, 7) is 15.7. The maximum absolute atomic E-state index is 13.6. The zero-order chi connectivity index (χ0) is 38.2. The smallest absolute Gasteiger partial charge is 0.410 e. The monoisotopic (exact) mass is 734 g/mol. The van der Waals surface area contributed by atoms with Gasteiger partial charge in [-0.1, -0.05) is 23.7 Å². The van der Waals surface area contributed by atoms with Crippen molar-refractivity contribution in [3.05, 3.63) is 70.6 Å². The molecule has 1 aromatic heterocycles. The van der Waals surface area contributed by atoms with Crippen molar-refractivity contribution >= 4 is 47.0 Å². The number of amides is 4. The number of rotatable bonds is 9. The number of ether oxygens (including phenoxy) is 3. The first kappa shape index (κ1) is 39.5. The first-order valence-corrected chi connectivity index (χ1v) is 17.3. The number of benzene rings is 2. The van der Waals surface area contributed by atoms with Gasteiger partial charge in [0.15, 0.2) is 11.5 Å². The number of carbonyl (C=O) groups is 3. The molecule has 15 heteroatoms. The highest BCUT2D eigenvalue weighted by Gasteiger charge is 2.29. The molecule has 1 aliphatic rings. The van der Waals surface area contributed by atoms with E-state index < -0.39 is 23.3 Å². The third-order valence-corrected chi connectivity index (χ3v) is 8.37. The van der Waals surface area contributed by atoms with Gasteiger partial charge in [-0.05, 0) is 90.3 Å². The Morgan fingerprint density at radius 2 is 1.62 bits per heavy atom. The van der Waals surface area contributed by atoms with E-state index in [4.69, 9.17) is 31.1 Å². The molecule has 278 valence electrons. The van der Waals surface area contributed by atoms with Gasteiger partial charge in [-0.15, -0.1) is 0 Å². The number of piperazine rings is 1. The molecule has 1 saturated heterocycles. The predicted octanol–water partition coefficient (Wildman–Crippen LogP) is 7.25. The van der Waals surface area contributed by atoms with E-state index in [1.807, 2.05) is 78.8 Å². The standard InChI is InChI=1S/C37H47ClN8O6/c1-24(25-9-11-28(12-10-25)44-15-17-45(18-16-44)34(48)51-36(2,3)4)46(35(49)52-37(5,6)7)14-13-26-19-31(50-8)30(20-29(26)38)42-33(47)43-32-23-40-27(21-39)22-41-32/h9-12,19-20,22-24H,13-18H2,1-8H3,(H2,41,42,43,47). The van der Waals surface area contributed by atoms with E-state index in [1.54, 1.807) is 21.9 Å². The molecule has 1 atom stereocenters. The molecule has 1 aliphatic heterocycles. The van der Waals surface area contributed by atoms with E-state index in [0.717, 1.165) is 11.3 Å². The summed E-state index contributed by atoms with van der Waals surface area (Å²) in [6, 6.07) is 12.3. The molecule has 2 N–H and O–H groups in total. The maximum atomic E-state index is 13.6. The summed E-state index contributed by atoms with van der Waals surface area (Å²) >= 11 is 6.70. The molecule has 0 bridgehead atoms. The molecule has 0 saturated carbocycles. The zero-order valence-electron chi connectivity index (χ0n) is 30.9. The molecule has 3 aromatic rings. The molecule has 1 unspecified atom stereocenters. The number of hydrogen-bond donors (Lipinski definition) is 2. The summed E-state index contributed by atoms with van der Waals surface area (Å²) in [4.78, 5) is 52.2. The number of carbonyl (C=O) groups excluding carboxylic acids is 3. The molecule has 52 heavy (non-hydrogen) atoms. The Bertz CT molecular complexity index is 1760. The third kappa shape index (κ3) is 11.1. The molecule has 2 aromatic carbocycles. The average Bonchev–Trinajstić information content (AvgIpc) is 3.08. The largest absolute Gasteiger partial charge is 0.495 e. The first-order valence-electron chi connectivity index (χ1n) is 17.0. The Morgan fingerprint density at radius 3 is 2.17 bits per heavy atom. The lowest BCUT2D eigenvalue weighted by atomic mass is 10.0. The SMILES string of the molecule is COc1cc(CCN(C(=O)OC(C)(C)C)C(C)c2ccc(N3CCN(C(=O)OC(C)(C)C)CC3)cc2)c(Cl)cc1NC(=O)Nc1cnc(C#N)cn1. The Morgan fingerprint density at radius 1 is 0.962 bits per heavy atom. The summed E-state index contributed by atoms with van der Waals surface area (Å²) in [5.74, 6) is 0.516. The van der Waals surface area contributed by atoms with Gasteiger partial charge in [-0.3, -0.25) is 5.32 Å². The molecule has 4 rings (SSSR count). The molecule has 14 nitrogen and oxygen atoms in total. The molecule has 0 radical (unpaired) electrons. The second-order valence-corrected chi connectivity index (χ2v) is 14.7. The number of urea groups is 1. The van der Waals surface area contributed by atoms with Crippen molar-refractivity contribution < 1.29 is 28.6 Å².